The average Bonchev–Trinajstić information content (AvgIpc) is 3.48. The number of carbonyl (C=O) groups excluding carboxylic acids is 2. The fourth-order valence-electron chi connectivity index (χ4n) is 5.02. The number of ether oxygens (including phenoxy) is 1. The van der Waals surface area contributed by atoms with Gasteiger partial charge in [0.15, 0.2) is 0 Å². The number of hydrogen-bond acceptors (Lipinski definition) is 6. The monoisotopic (exact) mass is 453 g/mol. The lowest BCUT2D eigenvalue weighted by molar-refractivity contribution is -0.130. The molecule has 4 rings (SSSR count). The van der Waals surface area contributed by atoms with Gasteiger partial charge in [0.1, 0.15) is 18.0 Å². The lowest BCUT2D eigenvalue weighted by Gasteiger charge is -2.29. The van der Waals surface area contributed by atoms with Crippen LogP contribution in [0.25, 0.3) is 10.9 Å². The highest BCUT2D eigenvalue weighted by Gasteiger charge is 2.45. The van der Waals surface area contributed by atoms with Gasteiger partial charge in [0, 0.05) is 29.9 Å². The molecule has 4 atom stereocenters. The Morgan fingerprint density at radius 3 is 2.91 bits per heavy atom. The molecule has 33 heavy (non-hydrogen) atoms. The van der Waals surface area contributed by atoms with Gasteiger partial charge < -0.3 is 25.5 Å². The minimum Gasteiger partial charge on any atom is -0.496 e. The SMILES string of the molecule is COc1cccc2[nH]c(C(O)N3CC(C)(C)C[C@H]3C(=O)N[C@H](C#N)C[C@@H]3CCNC3=O)cc12. The number of H-pyrrole nitrogens is 1. The number of methoxy groups -OCH3 is 1. The summed E-state index contributed by atoms with van der Waals surface area (Å²) in [4.78, 5) is 30.1. The third kappa shape index (κ3) is 4.68. The largest absolute Gasteiger partial charge is 0.496 e. The van der Waals surface area contributed by atoms with Crippen molar-refractivity contribution in [2.75, 3.05) is 20.2 Å². The summed E-state index contributed by atoms with van der Waals surface area (Å²) in [6, 6.07) is 8.23. The van der Waals surface area contributed by atoms with Gasteiger partial charge in [-0.1, -0.05) is 19.9 Å². The van der Waals surface area contributed by atoms with Crippen LogP contribution in [0.1, 0.15) is 45.0 Å². The molecule has 0 bridgehead atoms. The molecule has 0 radical (unpaired) electrons. The topological polar surface area (TPSA) is 130 Å². The summed E-state index contributed by atoms with van der Waals surface area (Å²) in [5.41, 5.74) is 1.21. The fraction of sp³-hybridized carbons (Fsp3) is 0.542. The van der Waals surface area contributed by atoms with Crippen LogP contribution in [0.3, 0.4) is 0 Å². The van der Waals surface area contributed by atoms with Gasteiger partial charge in [-0.15, -0.1) is 0 Å². The van der Waals surface area contributed by atoms with Crippen LogP contribution in [0.5, 0.6) is 5.75 Å². The maximum atomic E-state index is 13.2. The molecule has 2 aliphatic rings. The van der Waals surface area contributed by atoms with Crippen molar-refractivity contribution in [3.05, 3.63) is 30.0 Å². The van der Waals surface area contributed by atoms with Crippen LogP contribution in [-0.4, -0.2) is 59.1 Å². The zero-order valence-electron chi connectivity index (χ0n) is 19.2. The zero-order valence-corrected chi connectivity index (χ0v) is 19.2. The Bertz CT molecular complexity index is 1090. The number of nitrogens with zero attached hydrogens (tertiary/aromatic N) is 2. The van der Waals surface area contributed by atoms with Crippen molar-refractivity contribution in [3.8, 4) is 11.8 Å². The van der Waals surface area contributed by atoms with Crippen LogP contribution in [0.4, 0.5) is 0 Å². The minimum absolute atomic E-state index is 0.0715. The molecule has 9 heteroatoms. The zero-order chi connectivity index (χ0) is 23.8. The highest BCUT2D eigenvalue weighted by molar-refractivity contribution is 5.87. The van der Waals surface area contributed by atoms with Crippen molar-refractivity contribution < 1.29 is 19.4 Å². The molecule has 2 saturated heterocycles. The van der Waals surface area contributed by atoms with Crippen LogP contribution < -0.4 is 15.4 Å². The van der Waals surface area contributed by atoms with Crippen molar-refractivity contribution in [1.82, 2.24) is 20.5 Å². The number of benzene rings is 1. The number of aliphatic hydroxyl groups excluding tert-OH is 1. The summed E-state index contributed by atoms with van der Waals surface area (Å²) in [6.07, 6.45) is 0.467. The van der Waals surface area contributed by atoms with Crippen LogP contribution in [0.15, 0.2) is 24.3 Å². The van der Waals surface area contributed by atoms with Gasteiger partial charge in [-0.2, -0.15) is 5.26 Å². The second kappa shape index (κ2) is 9.04. The predicted molar refractivity (Wildman–Crippen MR) is 122 cm³/mol. The quantitative estimate of drug-likeness (QED) is 0.506. The number of hydrogen-bond donors (Lipinski definition) is 4. The van der Waals surface area contributed by atoms with Gasteiger partial charge in [-0.3, -0.25) is 14.5 Å². The Hall–Kier alpha value is -3.09. The summed E-state index contributed by atoms with van der Waals surface area (Å²) in [5.74, 6) is 0.0557. The Morgan fingerprint density at radius 1 is 1.45 bits per heavy atom. The number of amides is 2. The molecular weight excluding hydrogens is 422 g/mol. The van der Waals surface area contributed by atoms with Crippen molar-refractivity contribution in [3.63, 3.8) is 0 Å². The van der Waals surface area contributed by atoms with Gasteiger partial charge in [0.2, 0.25) is 11.8 Å². The van der Waals surface area contributed by atoms with E-state index in [1.54, 1.807) is 12.0 Å². The normalized spacial score (nSPS) is 24.3. The Labute approximate surface area is 193 Å². The number of likely N-dealkylation sites (tertiary alicyclic amines) is 1. The van der Waals surface area contributed by atoms with Gasteiger partial charge in [-0.05, 0) is 42.9 Å². The molecule has 3 heterocycles. The van der Waals surface area contributed by atoms with Gasteiger partial charge >= 0.3 is 0 Å². The second-order valence-corrected chi connectivity index (χ2v) is 9.78. The van der Waals surface area contributed by atoms with E-state index in [4.69, 9.17) is 4.74 Å². The van der Waals surface area contributed by atoms with Crippen molar-refractivity contribution in [2.45, 2.75) is 51.4 Å². The Kier molecular flexibility index (Phi) is 6.32. The average molecular weight is 454 g/mol. The summed E-state index contributed by atoms with van der Waals surface area (Å²) in [6.45, 7) is 5.22. The van der Waals surface area contributed by atoms with E-state index in [-0.39, 0.29) is 29.6 Å². The van der Waals surface area contributed by atoms with Crippen molar-refractivity contribution in [2.24, 2.45) is 11.3 Å². The van der Waals surface area contributed by atoms with E-state index < -0.39 is 18.3 Å². The van der Waals surface area contributed by atoms with Gasteiger partial charge in [0.05, 0.1) is 24.9 Å². The summed E-state index contributed by atoms with van der Waals surface area (Å²) < 4.78 is 5.42. The molecule has 2 aromatic rings. The molecule has 4 N–H and O–H groups in total. The van der Waals surface area contributed by atoms with Crippen LogP contribution in [0, 0.1) is 22.7 Å². The molecule has 2 aliphatic heterocycles. The lowest BCUT2D eigenvalue weighted by atomic mass is 9.90. The Morgan fingerprint density at radius 2 is 2.24 bits per heavy atom. The molecule has 9 nitrogen and oxygen atoms in total. The standard InChI is InChI=1S/C24H31N5O4/c1-24(2)11-19(22(31)27-15(12-25)9-14-7-8-26-21(14)30)29(13-24)23(32)18-10-16-17(28-18)5-4-6-20(16)33-3/h4-6,10,14-15,19,23,28,32H,7-9,11,13H2,1-3H3,(H,26,30)(H,27,31)/t14-,15-,19-,23?/m0/s1. The molecule has 0 aliphatic carbocycles. The van der Waals surface area contributed by atoms with E-state index in [2.05, 4.69) is 35.5 Å². The first-order valence-corrected chi connectivity index (χ1v) is 11.3. The number of fused-ring (bicyclic) bond motifs is 1. The van der Waals surface area contributed by atoms with E-state index in [0.29, 0.717) is 37.4 Å². The molecule has 1 unspecified atom stereocenters. The minimum atomic E-state index is -1.03. The molecule has 0 saturated carbocycles. The molecular formula is C24H31N5O4. The number of aliphatic hydroxyl groups is 1. The summed E-state index contributed by atoms with van der Waals surface area (Å²) >= 11 is 0. The molecule has 1 aromatic heterocycles. The highest BCUT2D eigenvalue weighted by atomic mass is 16.5. The number of aromatic amines is 1. The number of aromatic nitrogens is 1. The lowest BCUT2D eigenvalue weighted by Crippen LogP contribution is -2.48. The van der Waals surface area contributed by atoms with E-state index in [1.165, 1.54) is 0 Å². The molecule has 1 aromatic carbocycles. The van der Waals surface area contributed by atoms with Gasteiger partial charge in [0.25, 0.3) is 0 Å². The maximum absolute atomic E-state index is 13.2. The van der Waals surface area contributed by atoms with E-state index >= 15 is 0 Å². The van der Waals surface area contributed by atoms with Crippen molar-refractivity contribution in [1.29, 1.82) is 5.26 Å². The number of carbonyl (C=O) groups is 2. The molecule has 2 fully saturated rings. The van der Waals surface area contributed by atoms with E-state index in [0.717, 1.165) is 10.9 Å². The van der Waals surface area contributed by atoms with E-state index in [9.17, 15) is 20.0 Å². The van der Waals surface area contributed by atoms with Crippen LogP contribution in [-0.2, 0) is 9.59 Å². The number of nitriles is 1. The van der Waals surface area contributed by atoms with Crippen LogP contribution in [0.2, 0.25) is 0 Å². The third-order valence-corrected chi connectivity index (χ3v) is 6.67. The maximum Gasteiger partial charge on any atom is 0.238 e. The molecule has 0 spiro atoms. The number of rotatable bonds is 7. The highest BCUT2D eigenvalue weighted by Crippen LogP contribution is 2.39. The van der Waals surface area contributed by atoms with Gasteiger partial charge in [-0.25, -0.2) is 0 Å². The first-order valence-electron chi connectivity index (χ1n) is 11.3. The molecule has 2 amide bonds. The molecule has 176 valence electrons. The second-order valence-electron chi connectivity index (χ2n) is 9.78. The third-order valence-electron chi connectivity index (χ3n) is 6.67. The number of nitrogens with one attached hydrogen (secondary N) is 3. The predicted octanol–water partition coefficient (Wildman–Crippen LogP) is 1.80. The Balaban J connectivity index is 1.52. The first kappa shape index (κ1) is 23.1. The smallest absolute Gasteiger partial charge is 0.238 e. The summed E-state index contributed by atoms with van der Waals surface area (Å²) in [7, 11) is 1.60. The first-order chi connectivity index (χ1) is 15.7. The fourth-order valence-corrected chi connectivity index (χ4v) is 5.02. The van der Waals surface area contributed by atoms with E-state index in [1.807, 2.05) is 24.3 Å². The summed E-state index contributed by atoms with van der Waals surface area (Å²) in [5, 5.41) is 27.3. The van der Waals surface area contributed by atoms with Crippen LogP contribution >= 0.6 is 0 Å². The van der Waals surface area contributed by atoms with Crippen molar-refractivity contribution >= 4 is 22.7 Å².